The van der Waals surface area contributed by atoms with Crippen molar-refractivity contribution in [3.63, 3.8) is 0 Å². The van der Waals surface area contributed by atoms with Gasteiger partial charge in [-0.3, -0.25) is 9.89 Å². The second-order valence-corrected chi connectivity index (χ2v) is 5.52. The molecule has 0 bridgehead atoms. The van der Waals surface area contributed by atoms with Gasteiger partial charge in [0.15, 0.2) is 5.03 Å². The molecule has 0 fully saturated rings. The number of carbonyl (C=O) groups excluding carboxylic acids is 1. The molecule has 1 aromatic carbocycles. The van der Waals surface area contributed by atoms with Crippen molar-refractivity contribution in [3.05, 3.63) is 29.5 Å². The maximum Gasteiger partial charge on any atom is 0.234 e. The SMILES string of the molecule is Cc1ccc(O)c(NC(=O)CSc2n[nH]c(C)c2[NH2+]O)c1.O. The summed E-state index contributed by atoms with van der Waals surface area (Å²) in [5.74, 6) is -0.109. The Bertz CT molecular complexity index is 659. The number of hydrogen-bond donors (Lipinski definition) is 5. The molecule has 1 heterocycles. The summed E-state index contributed by atoms with van der Waals surface area (Å²) in [7, 11) is 0. The average Bonchev–Trinajstić information content (AvgIpc) is 2.81. The van der Waals surface area contributed by atoms with Gasteiger partial charge in [0.05, 0.1) is 17.1 Å². The van der Waals surface area contributed by atoms with Gasteiger partial charge in [0.25, 0.3) is 0 Å². The predicted octanol–water partition coefficient (Wildman–Crippen LogP) is 0.222. The van der Waals surface area contributed by atoms with Crippen molar-refractivity contribution in [1.82, 2.24) is 10.2 Å². The van der Waals surface area contributed by atoms with Crippen molar-refractivity contribution < 1.29 is 26.1 Å². The summed E-state index contributed by atoms with van der Waals surface area (Å²) < 4.78 is 0. The number of nitrogens with two attached hydrogens (primary N) is 1. The van der Waals surface area contributed by atoms with Crippen LogP contribution in [-0.4, -0.2) is 37.6 Å². The lowest BCUT2D eigenvalue weighted by molar-refractivity contribution is -0.827. The first-order valence-corrected chi connectivity index (χ1v) is 7.24. The Balaban J connectivity index is 0.00000242. The fourth-order valence-electron chi connectivity index (χ4n) is 1.75. The van der Waals surface area contributed by atoms with Gasteiger partial charge in [-0.05, 0) is 31.5 Å². The predicted molar refractivity (Wildman–Crippen MR) is 82.5 cm³/mol. The van der Waals surface area contributed by atoms with E-state index in [0.717, 1.165) is 16.7 Å². The normalized spacial score (nSPS) is 10.1. The lowest BCUT2D eigenvalue weighted by atomic mass is 10.2. The van der Waals surface area contributed by atoms with Crippen LogP contribution in [0.15, 0.2) is 23.2 Å². The number of hydrogen-bond acceptors (Lipinski definition) is 5. The van der Waals surface area contributed by atoms with Crippen molar-refractivity contribution in [2.24, 2.45) is 0 Å². The first-order chi connectivity index (χ1) is 10.0. The number of aryl methyl sites for hydroxylation is 2. The number of nitrogens with one attached hydrogen (secondary N) is 2. The number of phenolic OH excluding ortho intramolecular Hbond substituents is 1. The van der Waals surface area contributed by atoms with E-state index in [1.807, 2.05) is 6.92 Å². The minimum atomic E-state index is -0.259. The molecule has 0 atom stereocenters. The minimum Gasteiger partial charge on any atom is -0.506 e. The van der Waals surface area contributed by atoms with Crippen LogP contribution in [0.4, 0.5) is 11.4 Å². The van der Waals surface area contributed by atoms with Crippen molar-refractivity contribution in [3.8, 4) is 5.75 Å². The molecule has 8 nitrogen and oxygen atoms in total. The van der Waals surface area contributed by atoms with E-state index in [0.29, 0.717) is 16.4 Å². The van der Waals surface area contributed by atoms with E-state index < -0.39 is 0 Å². The number of benzene rings is 1. The van der Waals surface area contributed by atoms with Crippen molar-refractivity contribution in [2.75, 3.05) is 11.1 Å². The Morgan fingerprint density at radius 3 is 2.86 bits per heavy atom. The smallest absolute Gasteiger partial charge is 0.234 e. The Kier molecular flexibility index (Phi) is 6.38. The number of thioether (sulfide) groups is 1. The van der Waals surface area contributed by atoms with Gasteiger partial charge < -0.3 is 15.9 Å². The van der Waals surface area contributed by atoms with E-state index in [-0.39, 0.29) is 22.9 Å². The number of aromatic hydroxyl groups is 1. The molecule has 0 aliphatic heterocycles. The molecule has 8 N–H and O–H groups in total. The molecule has 0 radical (unpaired) electrons. The number of nitrogens with zero attached hydrogens (tertiary/aromatic N) is 1. The zero-order chi connectivity index (χ0) is 15.4. The van der Waals surface area contributed by atoms with Crippen LogP contribution >= 0.6 is 11.8 Å². The zero-order valence-electron chi connectivity index (χ0n) is 12.2. The van der Waals surface area contributed by atoms with Gasteiger partial charge in [-0.15, -0.1) is 0 Å². The molecule has 0 aliphatic rings. The molecule has 0 saturated carbocycles. The number of aromatic nitrogens is 2. The summed E-state index contributed by atoms with van der Waals surface area (Å²) in [6.45, 7) is 3.66. The number of H-pyrrole nitrogens is 1. The van der Waals surface area contributed by atoms with Crippen LogP contribution in [0.1, 0.15) is 11.3 Å². The van der Waals surface area contributed by atoms with E-state index in [1.54, 1.807) is 19.1 Å². The molecule has 2 rings (SSSR count). The minimum absolute atomic E-state index is 0. The van der Waals surface area contributed by atoms with Gasteiger partial charge >= 0.3 is 0 Å². The lowest BCUT2D eigenvalue weighted by Gasteiger charge is -2.07. The highest BCUT2D eigenvalue weighted by molar-refractivity contribution is 8.00. The monoisotopic (exact) mass is 327 g/mol. The summed E-state index contributed by atoms with van der Waals surface area (Å²) in [5, 5.41) is 28.8. The molecule has 1 amide bonds. The zero-order valence-corrected chi connectivity index (χ0v) is 13.0. The van der Waals surface area contributed by atoms with Crippen LogP contribution in [0.3, 0.4) is 0 Å². The molecule has 0 saturated heterocycles. The third-order valence-electron chi connectivity index (χ3n) is 2.85. The van der Waals surface area contributed by atoms with Crippen molar-refractivity contribution >= 4 is 29.0 Å². The quantitative estimate of drug-likeness (QED) is 0.303. The van der Waals surface area contributed by atoms with Crippen LogP contribution in [0.5, 0.6) is 5.75 Å². The molecule has 2 aromatic rings. The van der Waals surface area contributed by atoms with Gasteiger partial charge in [0.2, 0.25) is 11.6 Å². The Hall–Kier alpha value is -2.07. The largest absolute Gasteiger partial charge is 0.506 e. The third kappa shape index (κ3) is 4.21. The Labute approximate surface area is 131 Å². The van der Waals surface area contributed by atoms with Gasteiger partial charge in [0.1, 0.15) is 5.75 Å². The highest BCUT2D eigenvalue weighted by Gasteiger charge is 2.16. The van der Waals surface area contributed by atoms with Gasteiger partial charge in [-0.2, -0.15) is 10.6 Å². The maximum absolute atomic E-state index is 11.9. The molecule has 0 aliphatic carbocycles. The maximum atomic E-state index is 11.9. The van der Waals surface area contributed by atoms with E-state index in [4.69, 9.17) is 5.21 Å². The molecular weight excluding hydrogens is 308 g/mol. The van der Waals surface area contributed by atoms with E-state index in [9.17, 15) is 9.90 Å². The molecule has 0 unspecified atom stereocenters. The van der Waals surface area contributed by atoms with Crippen molar-refractivity contribution in [2.45, 2.75) is 18.9 Å². The second kappa shape index (κ2) is 7.80. The lowest BCUT2D eigenvalue weighted by Crippen LogP contribution is -2.74. The summed E-state index contributed by atoms with van der Waals surface area (Å²) in [6.07, 6.45) is 0. The Morgan fingerprint density at radius 1 is 1.45 bits per heavy atom. The molecule has 22 heavy (non-hydrogen) atoms. The van der Waals surface area contributed by atoms with Crippen LogP contribution in [-0.2, 0) is 4.79 Å². The second-order valence-electron chi connectivity index (χ2n) is 4.55. The van der Waals surface area contributed by atoms with Crippen LogP contribution in [0, 0.1) is 13.8 Å². The Morgan fingerprint density at radius 2 is 2.18 bits per heavy atom. The fraction of sp³-hybridized carbons (Fsp3) is 0.231. The number of aromatic amines is 1. The first kappa shape index (κ1) is 18.0. The first-order valence-electron chi connectivity index (χ1n) is 6.26. The summed E-state index contributed by atoms with van der Waals surface area (Å²) in [4.78, 5) is 11.9. The molecule has 120 valence electrons. The van der Waals surface area contributed by atoms with E-state index >= 15 is 0 Å². The average molecular weight is 327 g/mol. The van der Waals surface area contributed by atoms with E-state index in [1.165, 1.54) is 17.8 Å². The number of amides is 1. The van der Waals surface area contributed by atoms with Gasteiger partial charge in [-0.1, -0.05) is 17.8 Å². The van der Waals surface area contributed by atoms with Gasteiger partial charge in [-0.25, -0.2) is 5.21 Å². The number of anilines is 1. The summed E-state index contributed by atoms with van der Waals surface area (Å²) in [5.41, 5.74) is 3.59. The summed E-state index contributed by atoms with van der Waals surface area (Å²) >= 11 is 1.20. The molecule has 0 spiro atoms. The number of carbonyl (C=O) groups is 1. The van der Waals surface area contributed by atoms with Crippen LogP contribution < -0.4 is 10.8 Å². The third-order valence-corrected chi connectivity index (χ3v) is 3.85. The highest BCUT2D eigenvalue weighted by Crippen LogP contribution is 2.26. The fourth-order valence-corrected chi connectivity index (χ4v) is 2.56. The molecule has 1 aromatic heterocycles. The highest BCUT2D eigenvalue weighted by atomic mass is 32.2. The number of phenols is 1. The van der Waals surface area contributed by atoms with E-state index in [2.05, 4.69) is 15.5 Å². The molecular formula is C13H19N4O4S+. The number of rotatable bonds is 5. The van der Waals surface area contributed by atoms with Crippen LogP contribution in [0.2, 0.25) is 0 Å². The van der Waals surface area contributed by atoms with Crippen LogP contribution in [0.25, 0.3) is 0 Å². The standard InChI is InChI=1S/C13H16N4O3S.H2O/c1-7-3-4-10(18)9(5-7)14-11(19)6-21-13-12(17-20)8(2)15-16-13;/h3-5,17-18,20H,6H2,1-2H3,(H,14,19)(H,15,16);1H2/p+1. The topological polar surface area (TPSA) is 146 Å². The van der Waals surface area contributed by atoms with Gasteiger partial charge in [0, 0.05) is 0 Å². The molecule has 9 heteroatoms. The summed E-state index contributed by atoms with van der Waals surface area (Å²) in [6, 6.07) is 4.99. The number of quaternary nitrogens is 1. The van der Waals surface area contributed by atoms with Crippen molar-refractivity contribution in [1.29, 1.82) is 0 Å².